The van der Waals surface area contributed by atoms with Gasteiger partial charge in [-0.05, 0) is 59.7 Å². The Morgan fingerprint density at radius 3 is 2.21 bits per heavy atom. The average molecular weight is 432 g/mol. The molecule has 1 aromatic heterocycles. The Morgan fingerprint density at radius 2 is 1.58 bits per heavy atom. The Kier molecular flexibility index (Phi) is 5.61. The van der Waals surface area contributed by atoms with Gasteiger partial charge in [0.05, 0.1) is 10.7 Å². The molecule has 3 heteroatoms. The summed E-state index contributed by atoms with van der Waals surface area (Å²) in [5.41, 5.74) is 3.54. The highest BCUT2D eigenvalue weighted by atomic mass is 127. The van der Waals surface area contributed by atoms with Crippen LogP contribution in [0.4, 0.5) is 0 Å². The van der Waals surface area contributed by atoms with Crippen molar-refractivity contribution in [2.75, 3.05) is 7.11 Å². The molecule has 0 spiro atoms. The fourth-order valence-corrected chi connectivity index (χ4v) is 3.71. The first-order chi connectivity index (χ1) is 11.7. The van der Waals surface area contributed by atoms with Crippen LogP contribution < -0.4 is 4.74 Å². The van der Waals surface area contributed by atoms with E-state index in [0.29, 0.717) is 0 Å². The number of halogens is 1. The molecule has 0 atom stereocenters. The highest BCUT2D eigenvalue weighted by molar-refractivity contribution is 14.1. The molecule has 124 valence electrons. The Labute approximate surface area is 157 Å². The summed E-state index contributed by atoms with van der Waals surface area (Å²) in [6.45, 7) is 2.22. The van der Waals surface area contributed by atoms with E-state index in [1.54, 1.807) is 7.11 Å². The molecule has 0 unspecified atom stereocenters. The molecule has 0 amide bonds. The van der Waals surface area contributed by atoms with Gasteiger partial charge in [-0.3, -0.25) is 0 Å². The Morgan fingerprint density at radius 1 is 0.917 bits per heavy atom. The number of hydrogen-bond donors (Lipinski definition) is 0. The highest BCUT2D eigenvalue weighted by Crippen LogP contribution is 2.39. The number of benzene rings is 2. The van der Waals surface area contributed by atoms with E-state index in [1.807, 2.05) is 18.2 Å². The number of furan rings is 1. The summed E-state index contributed by atoms with van der Waals surface area (Å²) in [5, 5.41) is 0. The van der Waals surface area contributed by atoms with Gasteiger partial charge in [-0.1, -0.05) is 43.7 Å². The summed E-state index contributed by atoms with van der Waals surface area (Å²) in [6, 6.07) is 18.4. The maximum absolute atomic E-state index is 6.34. The van der Waals surface area contributed by atoms with Crippen molar-refractivity contribution in [1.82, 2.24) is 0 Å². The maximum Gasteiger partial charge on any atom is 0.148 e. The number of hydrogen-bond acceptors (Lipinski definition) is 2. The molecule has 0 fully saturated rings. The van der Waals surface area contributed by atoms with Gasteiger partial charge in [0, 0.05) is 16.7 Å². The van der Waals surface area contributed by atoms with E-state index in [0.717, 1.165) is 41.2 Å². The molecule has 2 aromatic carbocycles. The zero-order chi connectivity index (χ0) is 16.9. The Hall–Kier alpha value is -1.75. The lowest BCUT2D eigenvalue weighted by Gasteiger charge is -2.02. The van der Waals surface area contributed by atoms with Gasteiger partial charge < -0.3 is 9.15 Å². The van der Waals surface area contributed by atoms with Crippen molar-refractivity contribution in [3.05, 3.63) is 63.7 Å². The summed E-state index contributed by atoms with van der Waals surface area (Å²) in [6.07, 6.45) is 3.38. The molecule has 3 aromatic rings. The van der Waals surface area contributed by atoms with Gasteiger partial charge >= 0.3 is 0 Å². The number of unbranched alkanes of at least 4 members (excludes halogenated alkanes) is 1. The van der Waals surface area contributed by atoms with E-state index in [4.69, 9.17) is 9.15 Å². The summed E-state index contributed by atoms with van der Waals surface area (Å²) in [7, 11) is 1.68. The molecule has 0 saturated heterocycles. The molecule has 0 aliphatic rings. The zero-order valence-corrected chi connectivity index (χ0v) is 16.2. The molecule has 0 N–H and O–H groups in total. The van der Waals surface area contributed by atoms with Crippen LogP contribution in [-0.2, 0) is 6.42 Å². The molecule has 3 rings (SSSR count). The van der Waals surface area contributed by atoms with Gasteiger partial charge in [0.25, 0.3) is 0 Å². The molecule has 1 heterocycles. The second-order valence-corrected chi connectivity index (χ2v) is 6.83. The van der Waals surface area contributed by atoms with Gasteiger partial charge in [-0.15, -0.1) is 0 Å². The molecule has 2 nitrogen and oxygen atoms in total. The van der Waals surface area contributed by atoms with Crippen molar-refractivity contribution < 1.29 is 9.15 Å². The molecular formula is C21H21IO2. The van der Waals surface area contributed by atoms with E-state index >= 15 is 0 Å². The Bertz CT molecular complexity index is 789. The smallest absolute Gasteiger partial charge is 0.148 e. The SMILES string of the molecule is CCCCc1c(-c2ccccc2)oc(-c2ccc(OC)cc2)c1I. The normalized spacial score (nSPS) is 10.8. The fraction of sp³-hybridized carbons (Fsp3) is 0.238. The first-order valence-corrected chi connectivity index (χ1v) is 9.33. The number of rotatable bonds is 6. The fourth-order valence-electron chi connectivity index (χ4n) is 2.77. The molecular weight excluding hydrogens is 411 g/mol. The van der Waals surface area contributed by atoms with Gasteiger partial charge in [-0.2, -0.15) is 0 Å². The average Bonchev–Trinajstić information content (AvgIpc) is 2.97. The van der Waals surface area contributed by atoms with Crippen LogP contribution in [0.1, 0.15) is 25.3 Å². The third-order valence-electron chi connectivity index (χ3n) is 4.11. The van der Waals surface area contributed by atoms with Crippen molar-refractivity contribution in [3.8, 4) is 28.4 Å². The van der Waals surface area contributed by atoms with E-state index < -0.39 is 0 Å². The quantitative estimate of drug-likeness (QED) is 0.411. The molecule has 0 aliphatic carbocycles. The van der Waals surface area contributed by atoms with Crippen LogP contribution in [0.3, 0.4) is 0 Å². The lowest BCUT2D eigenvalue weighted by molar-refractivity contribution is 0.415. The van der Waals surface area contributed by atoms with Gasteiger partial charge in [0.15, 0.2) is 0 Å². The van der Waals surface area contributed by atoms with E-state index in [2.05, 4.69) is 65.9 Å². The third-order valence-corrected chi connectivity index (χ3v) is 5.25. The first kappa shape index (κ1) is 17.1. The van der Waals surface area contributed by atoms with Crippen LogP contribution in [0.2, 0.25) is 0 Å². The van der Waals surface area contributed by atoms with Crippen LogP contribution in [0, 0.1) is 3.57 Å². The predicted molar refractivity (Wildman–Crippen MR) is 107 cm³/mol. The first-order valence-electron chi connectivity index (χ1n) is 8.25. The van der Waals surface area contributed by atoms with Crippen molar-refractivity contribution in [3.63, 3.8) is 0 Å². The minimum atomic E-state index is 0.856. The molecule has 0 radical (unpaired) electrons. The monoisotopic (exact) mass is 432 g/mol. The topological polar surface area (TPSA) is 22.4 Å². The molecule has 0 aliphatic heterocycles. The minimum absolute atomic E-state index is 0.856. The van der Waals surface area contributed by atoms with Crippen LogP contribution >= 0.6 is 22.6 Å². The van der Waals surface area contributed by atoms with Gasteiger partial charge in [0.1, 0.15) is 17.3 Å². The predicted octanol–water partition coefficient (Wildman–Crippen LogP) is 6.57. The van der Waals surface area contributed by atoms with E-state index in [1.165, 1.54) is 15.6 Å². The largest absolute Gasteiger partial charge is 0.497 e. The summed E-state index contributed by atoms with van der Waals surface area (Å²) < 4.78 is 12.8. The second-order valence-electron chi connectivity index (χ2n) is 5.75. The minimum Gasteiger partial charge on any atom is -0.497 e. The van der Waals surface area contributed by atoms with E-state index in [9.17, 15) is 0 Å². The zero-order valence-electron chi connectivity index (χ0n) is 14.0. The summed E-state index contributed by atoms with van der Waals surface area (Å²) >= 11 is 2.42. The molecule has 0 saturated carbocycles. The van der Waals surface area contributed by atoms with E-state index in [-0.39, 0.29) is 0 Å². The van der Waals surface area contributed by atoms with Crippen LogP contribution in [0.5, 0.6) is 5.75 Å². The van der Waals surface area contributed by atoms with Crippen LogP contribution in [0.15, 0.2) is 59.0 Å². The van der Waals surface area contributed by atoms with Crippen molar-refractivity contribution in [2.24, 2.45) is 0 Å². The van der Waals surface area contributed by atoms with Crippen molar-refractivity contribution >= 4 is 22.6 Å². The Balaban J connectivity index is 2.08. The molecule has 24 heavy (non-hydrogen) atoms. The number of methoxy groups -OCH3 is 1. The standard InChI is InChI=1S/C21H21IO2/c1-3-4-10-18-19(22)21(16-11-13-17(23-2)14-12-16)24-20(18)15-8-6-5-7-9-15/h5-9,11-14H,3-4,10H2,1-2H3. The van der Waals surface area contributed by atoms with Crippen molar-refractivity contribution in [1.29, 1.82) is 0 Å². The lowest BCUT2D eigenvalue weighted by Crippen LogP contribution is -1.89. The third kappa shape index (κ3) is 3.51. The second kappa shape index (κ2) is 7.88. The summed E-state index contributed by atoms with van der Waals surface area (Å²) in [4.78, 5) is 0. The van der Waals surface area contributed by atoms with Gasteiger partial charge in [0.2, 0.25) is 0 Å². The highest BCUT2D eigenvalue weighted by Gasteiger charge is 2.20. The van der Waals surface area contributed by atoms with Crippen molar-refractivity contribution in [2.45, 2.75) is 26.2 Å². The molecule has 0 bridgehead atoms. The number of ether oxygens (including phenoxy) is 1. The maximum atomic E-state index is 6.34. The lowest BCUT2D eigenvalue weighted by atomic mass is 10.0. The summed E-state index contributed by atoms with van der Waals surface area (Å²) in [5.74, 6) is 2.80. The van der Waals surface area contributed by atoms with Crippen LogP contribution in [-0.4, -0.2) is 7.11 Å². The van der Waals surface area contributed by atoms with Crippen LogP contribution in [0.25, 0.3) is 22.6 Å². The van der Waals surface area contributed by atoms with Gasteiger partial charge in [-0.25, -0.2) is 0 Å².